The fourth-order valence-electron chi connectivity index (χ4n) is 0.874. The summed E-state index contributed by atoms with van der Waals surface area (Å²) in [7, 11) is 1.23. The van der Waals surface area contributed by atoms with Gasteiger partial charge in [-0.1, -0.05) is 0 Å². The van der Waals surface area contributed by atoms with Gasteiger partial charge in [-0.25, -0.2) is 0 Å². The minimum Gasteiger partial charge on any atom is -0.504 e. The van der Waals surface area contributed by atoms with Crippen molar-refractivity contribution in [1.82, 2.24) is 0 Å². The Bertz CT molecular complexity index is 387. The predicted octanol–water partition coefficient (Wildman–Crippen LogP) is 2.17. The lowest BCUT2D eigenvalue weighted by atomic mass is 10.2. The number of phenols is 1. The van der Waals surface area contributed by atoms with E-state index >= 15 is 0 Å². The van der Waals surface area contributed by atoms with Crippen LogP contribution in [0.4, 0.5) is 4.39 Å². The Labute approximate surface area is 82.5 Å². The molecule has 1 aromatic rings. The van der Waals surface area contributed by atoms with Gasteiger partial charge in [-0.3, -0.25) is 0 Å². The number of ether oxygens (including phenoxy) is 1. The van der Waals surface area contributed by atoms with Crippen LogP contribution in [0.5, 0.6) is 11.5 Å². The van der Waals surface area contributed by atoms with Crippen LogP contribution in [0.25, 0.3) is 0 Å². The van der Waals surface area contributed by atoms with E-state index in [2.05, 4.69) is 20.7 Å². The molecular formula is C8H5BrFNO2. The second kappa shape index (κ2) is 3.62. The second-order valence-corrected chi connectivity index (χ2v) is 3.07. The Kier molecular flexibility index (Phi) is 2.73. The van der Waals surface area contributed by atoms with Gasteiger partial charge in [0.1, 0.15) is 6.07 Å². The van der Waals surface area contributed by atoms with Crippen LogP contribution in [-0.4, -0.2) is 12.2 Å². The molecule has 0 aliphatic heterocycles. The highest BCUT2D eigenvalue weighted by molar-refractivity contribution is 9.10. The Hall–Kier alpha value is -1.28. The first-order chi connectivity index (χ1) is 6.11. The van der Waals surface area contributed by atoms with Gasteiger partial charge in [-0.05, 0) is 22.0 Å². The summed E-state index contributed by atoms with van der Waals surface area (Å²) in [5.41, 5.74) is 0.0321. The first-order valence-electron chi connectivity index (χ1n) is 3.26. The van der Waals surface area contributed by atoms with Crippen molar-refractivity contribution in [3.63, 3.8) is 0 Å². The van der Waals surface area contributed by atoms with Crippen LogP contribution >= 0.6 is 15.9 Å². The lowest BCUT2D eigenvalue weighted by Crippen LogP contribution is -1.93. The summed E-state index contributed by atoms with van der Waals surface area (Å²) >= 11 is 2.90. The highest BCUT2D eigenvalue weighted by Crippen LogP contribution is 2.35. The quantitative estimate of drug-likeness (QED) is 0.826. The normalized spacial score (nSPS) is 9.38. The Morgan fingerprint density at radius 3 is 2.77 bits per heavy atom. The molecule has 0 heterocycles. The highest BCUT2D eigenvalue weighted by atomic mass is 79.9. The molecular weight excluding hydrogens is 241 g/mol. The SMILES string of the molecule is COc1c(C#N)cc(Br)c(O)c1F. The highest BCUT2D eigenvalue weighted by Gasteiger charge is 2.16. The molecule has 0 radical (unpaired) electrons. The largest absolute Gasteiger partial charge is 0.504 e. The second-order valence-electron chi connectivity index (χ2n) is 2.21. The standard InChI is InChI=1S/C8H5BrFNO2/c1-13-8-4(3-11)2-5(9)7(12)6(8)10/h2,12H,1H3. The maximum Gasteiger partial charge on any atom is 0.209 e. The smallest absolute Gasteiger partial charge is 0.209 e. The van der Waals surface area contributed by atoms with Crippen molar-refractivity contribution in [2.24, 2.45) is 0 Å². The van der Waals surface area contributed by atoms with Gasteiger partial charge in [0, 0.05) is 0 Å². The Morgan fingerprint density at radius 2 is 2.31 bits per heavy atom. The van der Waals surface area contributed by atoms with E-state index in [1.807, 2.05) is 0 Å². The van der Waals surface area contributed by atoms with Crippen molar-refractivity contribution in [3.05, 3.63) is 21.9 Å². The van der Waals surface area contributed by atoms with E-state index in [-0.39, 0.29) is 15.8 Å². The number of benzene rings is 1. The third kappa shape index (κ3) is 1.58. The van der Waals surface area contributed by atoms with E-state index in [4.69, 9.17) is 10.4 Å². The third-order valence-corrected chi connectivity index (χ3v) is 2.08. The van der Waals surface area contributed by atoms with Crippen LogP contribution in [0.1, 0.15) is 5.56 Å². The van der Waals surface area contributed by atoms with Gasteiger partial charge in [0.25, 0.3) is 0 Å². The summed E-state index contributed by atoms with van der Waals surface area (Å²) < 4.78 is 17.9. The van der Waals surface area contributed by atoms with Gasteiger partial charge in [-0.2, -0.15) is 9.65 Å². The minimum absolute atomic E-state index is 0.0321. The van der Waals surface area contributed by atoms with E-state index in [1.165, 1.54) is 13.2 Å². The number of rotatable bonds is 1. The molecule has 0 saturated heterocycles. The number of phenolic OH excluding ortho intramolecular Hbond substituents is 1. The number of nitriles is 1. The molecule has 0 unspecified atom stereocenters. The van der Waals surface area contributed by atoms with Crippen LogP contribution in [-0.2, 0) is 0 Å². The molecule has 0 aliphatic rings. The fourth-order valence-corrected chi connectivity index (χ4v) is 1.28. The number of methoxy groups -OCH3 is 1. The van der Waals surface area contributed by atoms with E-state index < -0.39 is 11.6 Å². The maximum atomic E-state index is 13.2. The summed E-state index contributed by atoms with van der Waals surface area (Å²) in [6, 6.07) is 3.04. The van der Waals surface area contributed by atoms with Crippen molar-refractivity contribution >= 4 is 15.9 Å². The Morgan fingerprint density at radius 1 is 1.69 bits per heavy atom. The molecule has 1 rings (SSSR count). The van der Waals surface area contributed by atoms with Crippen LogP contribution < -0.4 is 4.74 Å². The van der Waals surface area contributed by atoms with Gasteiger partial charge in [0.05, 0.1) is 17.1 Å². The summed E-state index contributed by atoms with van der Waals surface area (Å²) in [5, 5.41) is 17.7. The molecule has 13 heavy (non-hydrogen) atoms. The van der Waals surface area contributed by atoms with Crippen LogP contribution in [0.2, 0.25) is 0 Å². The van der Waals surface area contributed by atoms with Crippen LogP contribution in [0.3, 0.4) is 0 Å². The summed E-state index contributed by atoms with van der Waals surface area (Å²) in [6.07, 6.45) is 0. The van der Waals surface area contributed by atoms with Gasteiger partial charge in [0.15, 0.2) is 11.5 Å². The molecule has 1 N–H and O–H groups in total. The maximum absolute atomic E-state index is 13.2. The first-order valence-corrected chi connectivity index (χ1v) is 4.06. The topological polar surface area (TPSA) is 53.2 Å². The van der Waals surface area contributed by atoms with Gasteiger partial charge >= 0.3 is 0 Å². The molecule has 1 aromatic carbocycles. The van der Waals surface area contributed by atoms with Crippen LogP contribution in [0.15, 0.2) is 10.5 Å². The molecule has 0 aromatic heterocycles. The average molecular weight is 246 g/mol. The fraction of sp³-hybridized carbons (Fsp3) is 0.125. The van der Waals surface area contributed by atoms with E-state index in [0.717, 1.165) is 0 Å². The zero-order valence-corrected chi connectivity index (χ0v) is 8.22. The lowest BCUT2D eigenvalue weighted by molar-refractivity contribution is 0.362. The Balaban J connectivity index is 3.50. The number of halogens is 2. The molecule has 68 valence electrons. The summed E-state index contributed by atoms with van der Waals surface area (Å²) in [6.45, 7) is 0. The van der Waals surface area contributed by atoms with Crippen molar-refractivity contribution < 1.29 is 14.2 Å². The molecule has 0 bridgehead atoms. The molecule has 0 fully saturated rings. The number of nitrogens with zero attached hydrogens (tertiary/aromatic N) is 1. The van der Waals surface area contributed by atoms with E-state index in [1.54, 1.807) is 6.07 Å². The predicted molar refractivity (Wildman–Crippen MR) is 47.0 cm³/mol. The molecule has 0 aliphatic carbocycles. The average Bonchev–Trinajstić information content (AvgIpc) is 2.13. The lowest BCUT2D eigenvalue weighted by Gasteiger charge is -2.06. The van der Waals surface area contributed by atoms with Gasteiger partial charge in [0.2, 0.25) is 5.82 Å². The third-order valence-electron chi connectivity index (χ3n) is 1.47. The molecule has 0 atom stereocenters. The number of hydrogen-bond donors (Lipinski definition) is 1. The van der Waals surface area contributed by atoms with Gasteiger partial charge < -0.3 is 9.84 Å². The van der Waals surface area contributed by atoms with Crippen molar-refractivity contribution in [2.45, 2.75) is 0 Å². The summed E-state index contributed by atoms with van der Waals surface area (Å²) in [5.74, 6) is -1.74. The minimum atomic E-state index is -0.937. The molecule has 5 heteroatoms. The van der Waals surface area contributed by atoms with Crippen LogP contribution in [0, 0.1) is 17.1 Å². The summed E-state index contributed by atoms with van der Waals surface area (Å²) in [4.78, 5) is 0. The zero-order chi connectivity index (χ0) is 10.0. The van der Waals surface area contributed by atoms with Crippen molar-refractivity contribution in [2.75, 3.05) is 7.11 Å². The number of aromatic hydroxyl groups is 1. The molecule has 0 spiro atoms. The first kappa shape index (κ1) is 9.81. The van der Waals surface area contributed by atoms with Crippen molar-refractivity contribution in [3.8, 4) is 17.6 Å². The van der Waals surface area contributed by atoms with E-state index in [9.17, 15) is 4.39 Å². The van der Waals surface area contributed by atoms with Crippen molar-refractivity contribution in [1.29, 1.82) is 5.26 Å². The molecule has 3 nitrogen and oxygen atoms in total. The van der Waals surface area contributed by atoms with Gasteiger partial charge in [-0.15, -0.1) is 0 Å². The zero-order valence-electron chi connectivity index (χ0n) is 6.64. The molecule has 0 amide bonds. The monoisotopic (exact) mass is 245 g/mol. The number of hydrogen-bond acceptors (Lipinski definition) is 3. The van der Waals surface area contributed by atoms with E-state index in [0.29, 0.717) is 0 Å². The molecule has 0 saturated carbocycles.